The maximum atomic E-state index is 11.0. The predicted molar refractivity (Wildman–Crippen MR) is 72.5 cm³/mol. The van der Waals surface area contributed by atoms with Crippen LogP contribution in [-0.4, -0.2) is 17.0 Å². The molecule has 2 atom stereocenters. The van der Waals surface area contributed by atoms with E-state index < -0.39 is 0 Å². The number of rotatable bonds is 4. The zero-order valence-electron chi connectivity index (χ0n) is 9.96. The molecular formula is C13H19IO2. The lowest BCUT2D eigenvalue weighted by Crippen LogP contribution is -2.48. The molecule has 2 unspecified atom stereocenters. The van der Waals surface area contributed by atoms with E-state index in [1.165, 1.54) is 18.4 Å². The third kappa shape index (κ3) is 2.15. The summed E-state index contributed by atoms with van der Waals surface area (Å²) in [4.78, 5) is 11.0. The molecule has 2 bridgehead atoms. The van der Waals surface area contributed by atoms with E-state index in [1.807, 2.05) is 22.6 Å². The summed E-state index contributed by atoms with van der Waals surface area (Å²) in [6, 6.07) is 0. The Bertz CT molecular complexity index is 320. The predicted octanol–water partition coefficient (Wildman–Crippen LogP) is 3.35. The van der Waals surface area contributed by atoms with Crippen molar-refractivity contribution in [3.05, 3.63) is 11.6 Å². The fraction of sp³-hybridized carbons (Fsp3) is 0.769. The van der Waals surface area contributed by atoms with Crippen LogP contribution < -0.4 is 0 Å². The van der Waals surface area contributed by atoms with Crippen molar-refractivity contribution in [2.75, 3.05) is 11.0 Å². The number of fused-ring (bicyclic) bond motifs is 1. The standard InChI is InChI=1S/C13H19IO2/c1-13(2)10-4-3-9(11(13)7-10)5-6-16-12(15)8-14/h3,10-11H,4-8H2,1-2H3. The molecule has 3 heteroatoms. The zero-order chi connectivity index (χ0) is 11.8. The van der Waals surface area contributed by atoms with Gasteiger partial charge in [0, 0.05) is 6.42 Å². The first-order valence-electron chi connectivity index (χ1n) is 5.96. The van der Waals surface area contributed by atoms with Gasteiger partial charge in [-0.1, -0.05) is 48.1 Å². The van der Waals surface area contributed by atoms with Crippen LogP contribution in [0.1, 0.15) is 33.1 Å². The second kappa shape index (κ2) is 4.67. The van der Waals surface area contributed by atoms with Gasteiger partial charge in [0.05, 0.1) is 11.0 Å². The van der Waals surface area contributed by atoms with E-state index in [2.05, 4.69) is 19.9 Å². The Morgan fingerprint density at radius 3 is 2.94 bits per heavy atom. The first-order chi connectivity index (χ1) is 7.55. The van der Waals surface area contributed by atoms with Gasteiger partial charge in [0.1, 0.15) is 0 Å². The van der Waals surface area contributed by atoms with Gasteiger partial charge in [-0.3, -0.25) is 4.79 Å². The molecule has 1 saturated carbocycles. The third-order valence-corrected chi connectivity index (χ3v) is 4.97. The molecule has 3 aliphatic rings. The van der Waals surface area contributed by atoms with Crippen molar-refractivity contribution in [2.24, 2.45) is 17.3 Å². The Morgan fingerprint density at radius 1 is 1.62 bits per heavy atom. The zero-order valence-corrected chi connectivity index (χ0v) is 12.1. The first kappa shape index (κ1) is 12.4. The Balaban J connectivity index is 1.83. The molecule has 0 N–H and O–H groups in total. The van der Waals surface area contributed by atoms with E-state index in [4.69, 9.17) is 4.74 Å². The van der Waals surface area contributed by atoms with E-state index >= 15 is 0 Å². The number of carbonyl (C=O) groups is 1. The highest BCUT2D eigenvalue weighted by Crippen LogP contribution is 2.59. The Kier molecular flexibility index (Phi) is 3.62. The average Bonchev–Trinajstić information content (AvgIpc) is 2.28. The van der Waals surface area contributed by atoms with Gasteiger partial charge >= 0.3 is 5.97 Å². The van der Waals surface area contributed by atoms with E-state index in [9.17, 15) is 4.79 Å². The summed E-state index contributed by atoms with van der Waals surface area (Å²) in [5.74, 6) is 1.53. The number of hydrogen-bond acceptors (Lipinski definition) is 2. The van der Waals surface area contributed by atoms with Crippen molar-refractivity contribution in [3.63, 3.8) is 0 Å². The summed E-state index contributed by atoms with van der Waals surface area (Å²) >= 11 is 2.04. The topological polar surface area (TPSA) is 26.3 Å². The Hall–Kier alpha value is -0.0600. The van der Waals surface area contributed by atoms with Crippen molar-refractivity contribution >= 4 is 28.6 Å². The Morgan fingerprint density at radius 2 is 2.38 bits per heavy atom. The van der Waals surface area contributed by atoms with Crippen molar-refractivity contribution < 1.29 is 9.53 Å². The van der Waals surface area contributed by atoms with Gasteiger partial charge in [0.2, 0.25) is 0 Å². The van der Waals surface area contributed by atoms with Crippen LogP contribution in [0.4, 0.5) is 0 Å². The minimum Gasteiger partial charge on any atom is -0.465 e. The van der Waals surface area contributed by atoms with Crippen LogP contribution >= 0.6 is 22.6 Å². The van der Waals surface area contributed by atoms with Crippen LogP contribution in [0.15, 0.2) is 11.6 Å². The van der Waals surface area contributed by atoms with Crippen LogP contribution in [-0.2, 0) is 9.53 Å². The van der Waals surface area contributed by atoms with Crippen LogP contribution in [0.2, 0.25) is 0 Å². The molecule has 1 fully saturated rings. The summed E-state index contributed by atoms with van der Waals surface area (Å²) in [7, 11) is 0. The highest BCUT2D eigenvalue weighted by molar-refractivity contribution is 14.1. The molecule has 0 heterocycles. The Labute approximate surface area is 111 Å². The average molecular weight is 334 g/mol. The van der Waals surface area contributed by atoms with Crippen molar-refractivity contribution in [1.29, 1.82) is 0 Å². The monoisotopic (exact) mass is 334 g/mol. The number of esters is 1. The number of halogens is 1. The van der Waals surface area contributed by atoms with Gasteiger partial charge in [0.25, 0.3) is 0 Å². The minimum absolute atomic E-state index is 0.0947. The van der Waals surface area contributed by atoms with Crippen LogP contribution in [0.5, 0.6) is 0 Å². The highest BCUT2D eigenvalue weighted by atomic mass is 127. The number of ether oxygens (including phenoxy) is 1. The molecule has 3 rings (SSSR count). The fourth-order valence-corrected chi connectivity index (χ4v) is 3.30. The molecule has 2 nitrogen and oxygen atoms in total. The number of hydrogen-bond donors (Lipinski definition) is 0. The molecule has 0 spiro atoms. The third-order valence-electron chi connectivity index (χ3n) is 4.35. The number of carbonyl (C=O) groups excluding carboxylic acids is 1. The summed E-state index contributed by atoms with van der Waals surface area (Å²) in [6.07, 6.45) is 5.88. The molecule has 0 amide bonds. The largest absolute Gasteiger partial charge is 0.465 e. The van der Waals surface area contributed by atoms with Crippen molar-refractivity contribution in [1.82, 2.24) is 0 Å². The summed E-state index contributed by atoms with van der Waals surface area (Å²) in [5.41, 5.74) is 2.01. The minimum atomic E-state index is -0.0947. The van der Waals surface area contributed by atoms with Crippen LogP contribution in [0.25, 0.3) is 0 Å². The van der Waals surface area contributed by atoms with E-state index in [0.717, 1.165) is 18.3 Å². The molecule has 0 aromatic carbocycles. The van der Waals surface area contributed by atoms with Crippen molar-refractivity contribution in [2.45, 2.75) is 33.1 Å². The van der Waals surface area contributed by atoms with E-state index in [-0.39, 0.29) is 5.97 Å². The van der Waals surface area contributed by atoms with E-state index in [1.54, 1.807) is 0 Å². The highest BCUT2D eigenvalue weighted by Gasteiger charge is 2.50. The normalized spacial score (nSPS) is 30.3. The summed E-state index contributed by atoms with van der Waals surface area (Å²) in [5, 5.41) is 0. The second-order valence-electron chi connectivity index (χ2n) is 5.43. The van der Waals surface area contributed by atoms with Crippen LogP contribution in [0, 0.1) is 17.3 Å². The maximum Gasteiger partial charge on any atom is 0.315 e. The summed E-state index contributed by atoms with van der Waals surface area (Å²) < 4.78 is 5.59. The lowest BCUT2D eigenvalue weighted by Gasteiger charge is -2.56. The van der Waals surface area contributed by atoms with Crippen LogP contribution in [0.3, 0.4) is 0 Å². The quantitative estimate of drug-likeness (QED) is 0.341. The fourth-order valence-electron chi connectivity index (χ4n) is 3.08. The van der Waals surface area contributed by atoms with Gasteiger partial charge in [-0.05, 0) is 30.1 Å². The van der Waals surface area contributed by atoms with Gasteiger partial charge in [-0.15, -0.1) is 0 Å². The molecule has 0 aromatic rings. The lowest BCUT2D eigenvalue weighted by molar-refractivity contribution is -0.140. The SMILES string of the molecule is CC1(C)C2CC=C(CCOC(=O)CI)C1C2. The smallest absolute Gasteiger partial charge is 0.315 e. The molecule has 16 heavy (non-hydrogen) atoms. The summed E-state index contributed by atoms with van der Waals surface area (Å²) in [6.45, 7) is 5.30. The molecule has 0 aliphatic heterocycles. The molecule has 0 aromatic heterocycles. The van der Waals surface area contributed by atoms with Crippen molar-refractivity contribution in [3.8, 4) is 0 Å². The lowest BCUT2D eigenvalue weighted by atomic mass is 9.48. The molecule has 90 valence electrons. The van der Waals surface area contributed by atoms with E-state index in [0.29, 0.717) is 16.4 Å². The molecule has 0 saturated heterocycles. The van der Waals surface area contributed by atoms with Gasteiger partial charge in [-0.2, -0.15) is 0 Å². The number of alkyl halides is 1. The molecular weight excluding hydrogens is 315 g/mol. The van der Waals surface area contributed by atoms with Gasteiger partial charge < -0.3 is 4.74 Å². The van der Waals surface area contributed by atoms with Gasteiger partial charge in [0.15, 0.2) is 0 Å². The van der Waals surface area contributed by atoms with Gasteiger partial charge in [-0.25, -0.2) is 0 Å². The second-order valence-corrected chi connectivity index (χ2v) is 6.19. The maximum absolute atomic E-state index is 11.0. The molecule has 3 aliphatic carbocycles. The molecule has 0 radical (unpaired) electrons. The number of allylic oxidation sites excluding steroid dienone is 1. The first-order valence-corrected chi connectivity index (χ1v) is 7.48.